The number of thiazole rings is 1. The average molecular weight is 345 g/mol. The number of aryl methyl sites for hydroxylation is 1. The maximum absolute atomic E-state index is 11.9. The molecule has 24 heavy (non-hydrogen) atoms. The van der Waals surface area contributed by atoms with Gasteiger partial charge < -0.3 is 10.1 Å². The van der Waals surface area contributed by atoms with Gasteiger partial charge in [0.25, 0.3) is 0 Å². The zero-order valence-corrected chi connectivity index (χ0v) is 14.4. The van der Waals surface area contributed by atoms with Gasteiger partial charge in [0.2, 0.25) is 5.91 Å². The maximum Gasteiger partial charge on any atom is 0.412 e. The minimum atomic E-state index is -0.533. The molecular weight excluding hydrogens is 326 g/mol. The van der Waals surface area contributed by atoms with Crippen molar-refractivity contribution in [3.05, 3.63) is 29.8 Å². The van der Waals surface area contributed by atoms with Gasteiger partial charge >= 0.3 is 6.09 Å². The van der Waals surface area contributed by atoms with Gasteiger partial charge in [-0.1, -0.05) is 41.2 Å². The topological polar surface area (TPSA) is 80.3 Å². The van der Waals surface area contributed by atoms with Crippen LogP contribution in [0.25, 0.3) is 11.3 Å². The number of carbonyl (C=O) groups is 2. The number of carbonyl (C=O) groups excluding carboxylic acids is 2. The van der Waals surface area contributed by atoms with E-state index in [0.717, 1.165) is 24.0 Å². The van der Waals surface area contributed by atoms with Crippen molar-refractivity contribution in [3.8, 4) is 11.3 Å². The van der Waals surface area contributed by atoms with Gasteiger partial charge in [0.15, 0.2) is 5.13 Å². The fraction of sp³-hybridized carbons (Fsp3) is 0.353. The first-order valence-corrected chi connectivity index (χ1v) is 8.71. The molecule has 1 aliphatic carbocycles. The van der Waals surface area contributed by atoms with Crippen molar-refractivity contribution in [1.29, 1.82) is 0 Å². The fourth-order valence-electron chi connectivity index (χ4n) is 2.18. The Morgan fingerprint density at radius 1 is 1.25 bits per heavy atom. The monoisotopic (exact) mass is 345 g/mol. The smallest absolute Gasteiger partial charge is 0.412 e. The number of aromatic nitrogens is 1. The van der Waals surface area contributed by atoms with E-state index in [1.165, 1.54) is 11.3 Å². The van der Waals surface area contributed by atoms with E-state index in [0.29, 0.717) is 15.8 Å². The highest BCUT2D eigenvalue weighted by Crippen LogP contribution is 2.37. The molecule has 0 unspecified atom stereocenters. The first-order chi connectivity index (χ1) is 11.6. The van der Waals surface area contributed by atoms with Crippen molar-refractivity contribution in [3.63, 3.8) is 0 Å². The molecule has 2 N–H and O–H groups in total. The fourth-order valence-corrected chi connectivity index (χ4v) is 3.05. The van der Waals surface area contributed by atoms with Crippen molar-refractivity contribution in [1.82, 2.24) is 4.98 Å². The average Bonchev–Trinajstić information content (AvgIpc) is 3.32. The Labute approximate surface area is 144 Å². The summed E-state index contributed by atoms with van der Waals surface area (Å²) >= 11 is 1.23. The minimum absolute atomic E-state index is 0.0121. The van der Waals surface area contributed by atoms with Gasteiger partial charge in [-0.05, 0) is 26.7 Å². The van der Waals surface area contributed by atoms with E-state index in [2.05, 4.69) is 15.6 Å². The van der Waals surface area contributed by atoms with Gasteiger partial charge in [-0.25, -0.2) is 9.78 Å². The summed E-state index contributed by atoms with van der Waals surface area (Å²) < 4.78 is 4.94. The van der Waals surface area contributed by atoms with Gasteiger partial charge in [-0.3, -0.25) is 10.1 Å². The molecule has 0 atom stereocenters. The van der Waals surface area contributed by atoms with Crippen molar-refractivity contribution < 1.29 is 14.3 Å². The summed E-state index contributed by atoms with van der Waals surface area (Å²) in [6.07, 6.45) is 1.32. The van der Waals surface area contributed by atoms with Gasteiger partial charge in [0.05, 0.1) is 6.61 Å². The van der Waals surface area contributed by atoms with Crippen LogP contribution in [0, 0.1) is 12.8 Å². The van der Waals surface area contributed by atoms with Crippen molar-refractivity contribution in [2.24, 2.45) is 5.92 Å². The van der Waals surface area contributed by atoms with Crippen LogP contribution in [-0.2, 0) is 9.53 Å². The van der Waals surface area contributed by atoms with Crippen LogP contribution >= 0.6 is 11.3 Å². The molecule has 1 heterocycles. The Hall–Kier alpha value is -2.41. The zero-order chi connectivity index (χ0) is 17.1. The van der Waals surface area contributed by atoms with E-state index in [4.69, 9.17) is 4.74 Å². The molecule has 0 radical (unpaired) electrons. The molecule has 0 saturated heterocycles. The lowest BCUT2D eigenvalue weighted by Gasteiger charge is -2.05. The largest absolute Gasteiger partial charge is 0.450 e. The quantitative estimate of drug-likeness (QED) is 0.857. The van der Waals surface area contributed by atoms with E-state index >= 15 is 0 Å². The molecule has 0 spiro atoms. The van der Waals surface area contributed by atoms with E-state index < -0.39 is 6.09 Å². The second-order valence-electron chi connectivity index (χ2n) is 5.67. The molecule has 2 aromatic rings. The van der Waals surface area contributed by atoms with Crippen LogP contribution in [0.1, 0.15) is 25.3 Å². The standard InChI is InChI=1S/C17H19N3O3S/c1-3-23-17(22)20-15-13(11-6-4-10(2)5-7-11)18-16(24-15)19-14(21)12-8-9-12/h4-7,12H,3,8-9H2,1-2H3,(H,20,22)(H,18,19,21). The summed E-state index contributed by atoms with van der Waals surface area (Å²) in [7, 11) is 0. The number of nitrogens with zero attached hydrogens (tertiary/aromatic N) is 1. The molecule has 0 bridgehead atoms. The third kappa shape index (κ3) is 3.91. The number of benzene rings is 1. The van der Waals surface area contributed by atoms with Crippen LogP contribution in [-0.4, -0.2) is 23.6 Å². The Balaban J connectivity index is 1.87. The molecule has 1 saturated carbocycles. The summed E-state index contributed by atoms with van der Waals surface area (Å²) in [6.45, 7) is 4.04. The molecule has 126 valence electrons. The van der Waals surface area contributed by atoms with E-state index in [1.54, 1.807) is 6.92 Å². The highest BCUT2D eigenvalue weighted by molar-refractivity contribution is 7.20. The third-order valence-corrected chi connectivity index (χ3v) is 4.51. The van der Waals surface area contributed by atoms with E-state index in [-0.39, 0.29) is 18.4 Å². The minimum Gasteiger partial charge on any atom is -0.450 e. The maximum atomic E-state index is 11.9. The van der Waals surface area contributed by atoms with Crippen LogP contribution < -0.4 is 10.6 Å². The Bertz CT molecular complexity index is 751. The van der Waals surface area contributed by atoms with Crippen LogP contribution in [0.5, 0.6) is 0 Å². The summed E-state index contributed by atoms with van der Waals surface area (Å²) in [6, 6.07) is 7.83. The number of anilines is 2. The molecule has 0 aliphatic heterocycles. The van der Waals surface area contributed by atoms with Gasteiger partial charge in [0.1, 0.15) is 10.7 Å². The summed E-state index contributed by atoms with van der Waals surface area (Å²) in [4.78, 5) is 28.2. The molecule has 7 heteroatoms. The lowest BCUT2D eigenvalue weighted by Crippen LogP contribution is -2.13. The van der Waals surface area contributed by atoms with Crippen molar-refractivity contribution >= 4 is 33.5 Å². The second-order valence-corrected chi connectivity index (χ2v) is 6.67. The molecule has 3 rings (SSSR count). The van der Waals surface area contributed by atoms with Crippen LogP contribution in [0.2, 0.25) is 0 Å². The third-order valence-electron chi connectivity index (χ3n) is 3.62. The van der Waals surface area contributed by atoms with Gasteiger partial charge in [-0.15, -0.1) is 0 Å². The van der Waals surface area contributed by atoms with E-state index in [1.807, 2.05) is 31.2 Å². The number of ether oxygens (including phenoxy) is 1. The molecule has 1 aliphatic rings. The van der Waals surface area contributed by atoms with Gasteiger partial charge in [0, 0.05) is 11.5 Å². The zero-order valence-electron chi connectivity index (χ0n) is 13.6. The summed E-state index contributed by atoms with van der Waals surface area (Å²) in [5.74, 6) is 0.0834. The van der Waals surface area contributed by atoms with Crippen molar-refractivity contribution in [2.45, 2.75) is 26.7 Å². The number of nitrogens with one attached hydrogen (secondary N) is 2. The highest BCUT2D eigenvalue weighted by Gasteiger charge is 2.30. The molecule has 2 amide bonds. The van der Waals surface area contributed by atoms with Crippen LogP contribution in [0.3, 0.4) is 0 Å². The lowest BCUT2D eigenvalue weighted by atomic mass is 10.1. The number of rotatable bonds is 5. The first kappa shape index (κ1) is 16.4. The predicted octanol–water partition coefficient (Wildman–Crippen LogP) is 4.04. The van der Waals surface area contributed by atoms with Crippen LogP contribution in [0.4, 0.5) is 14.9 Å². The van der Waals surface area contributed by atoms with Crippen molar-refractivity contribution in [2.75, 3.05) is 17.2 Å². The first-order valence-electron chi connectivity index (χ1n) is 7.89. The Kier molecular flexibility index (Phi) is 4.80. The predicted molar refractivity (Wildman–Crippen MR) is 94.3 cm³/mol. The highest BCUT2D eigenvalue weighted by atomic mass is 32.1. The Morgan fingerprint density at radius 3 is 2.58 bits per heavy atom. The number of amides is 2. The molecule has 6 nitrogen and oxygen atoms in total. The SMILES string of the molecule is CCOC(=O)Nc1sc(NC(=O)C2CC2)nc1-c1ccc(C)cc1. The number of hydrogen-bond donors (Lipinski definition) is 2. The van der Waals surface area contributed by atoms with Crippen LogP contribution in [0.15, 0.2) is 24.3 Å². The second kappa shape index (κ2) is 7.00. The van der Waals surface area contributed by atoms with Gasteiger partial charge in [-0.2, -0.15) is 0 Å². The molecule has 1 fully saturated rings. The number of hydrogen-bond acceptors (Lipinski definition) is 5. The normalized spacial score (nSPS) is 13.4. The summed E-state index contributed by atoms with van der Waals surface area (Å²) in [5.41, 5.74) is 2.63. The summed E-state index contributed by atoms with van der Waals surface area (Å²) in [5, 5.41) is 6.57. The molecule has 1 aromatic heterocycles. The molecular formula is C17H19N3O3S. The Morgan fingerprint density at radius 2 is 1.96 bits per heavy atom. The van der Waals surface area contributed by atoms with E-state index in [9.17, 15) is 9.59 Å². The lowest BCUT2D eigenvalue weighted by molar-refractivity contribution is -0.117. The molecule has 1 aromatic carbocycles.